The van der Waals surface area contributed by atoms with Crippen molar-refractivity contribution < 1.29 is 9.90 Å². The molecule has 2 aromatic heterocycles. The van der Waals surface area contributed by atoms with Gasteiger partial charge in [0.05, 0.1) is 5.52 Å². The third-order valence-corrected chi connectivity index (χ3v) is 2.17. The fourth-order valence-electron chi connectivity index (χ4n) is 1.38. The monoisotopic (exact) mass is 205 g/mol. The van der Waals surface area contributed by atoms with E-state index in [2.05, 4.69) is 15.0 Å². The van der Waals surface area contributed by atoms with E-state index in [-0.39, 0.29) is 11.6 Å². The van der Waals surface area contributed by atoms with Crippen molar-refractivity contribution in [3.63, 3.8) is 0 Å². The summed E-state index contributed by atoms with van der Waals surface area (Å²) in [6.45, 7) is 3.98. The second kappa shape index (κ2) is 3.34. The molecule has 0 aliphatic carbocycles. The van der Waals surface area contributed by atoms with E-state index in [0.717, 1.165) is 5.82 Å². The van der Waals surface area contributed by atoms with Crippen LogP contribution in [0.2, 0.25) is 0 Å². The molecule has 15 heavy (non-hydrogen) atoms. The number of H-pyrrole nitrogens is 1. The maximum atomic E-state index is 10.9. The maximum absolute atomic E-state index is 10.9. The molecule has 2 N–H and O–H groups in total. The Hall–Kier alpha value is -1.91. The largest absolute Gasteiger partial charge is 0.476 e. The van der Waals surface area contributed by atoms with E-state index in [9.17, 15) is 4.79 Å². The lowest BCUT2D eigenvalue weighted by Gasteiger charge is -1.95. The van der Waals surface area contributed by atoms with E-state index in [4.69, 9.17) is 5.11 Å². The minimum Gasteiger partial charge on any atom is -0.476 e. The van der Waals surface area contributed by atoms with E-state index in [0.29, 0.717) is 11.0 Å². The first kappa shape index (κ1) is 9.64. The van der Waals surface area contributed by atoms with E-state index < -0.39 is 5.97 Å². The minimum atomic E-state index is -1.05. The summed E-state index contributed by atoms with van der Waals surface area (Å²) >= 11 is 0. The maximum Gasteiger partial charge on any atom is 0.356 e. The molecule has 0 aliphatic heterocycles. The number of pyridine rings is 1. The van der Waals surface area contributed by atoms with Crippen molar-refractivity contribution in [2.45, 2.75) is 19.8 Å². The van der Waals surface area contributed by atoms with Gasteiger partial charge >= 0.3 is 5.97 Å². The summed E-state index contributed by atoms with van der Waals surface area (Å²) in [7, 11) is 0. The predicted octanol–water partition coefficient (Wildman–Crippen LogP) is 1.78. The number of imidazole rings is 1. The standard InChI is InChI=1S/C10H11N3O2/c1-5(2)9-12-6-3-4-11-8(10(14)15)7(6)13-9/h3-5H,1-2H3,(H,12,13)(H,14,15). The minimum absolute atomic E-state index is 0.00403. The molecule has 0 spiro atoms. The molecule has 0 bridgehead atoms. The number of carboxylic acid groups (broad SMARTS) is 1. The van der Waals surface area contributed by atoms with Crippen LogP contribution in [0.3, 0.4) is 0 Å². The number of hydrogen-bond acceptors (Lipinski definition) is 3. The Balaban J connectivity index is 2.70. The number of carboxylic acids is 1. The third-order valence-electron chi connectivity index (χ3n) is 2.17. The normalized spacial score (nSPS) is 11.1. The smallest absolute Gasteiger partial charge is 0.356 e. The Morgan fingerprint density at radius 3 is 2.87 bits per heavy atom. The Bertz CT molecular complexity index is 516. The van der Waals surface area contributed by atoms with Crippen molar-refractivity contribution in [3.05, 3.63) is 23.8 Å². The number of nitrogens with zero attached hydrogens (tertiary/aromatic N) is 2. The Labute approximate surface area is 86.2 Å². The topological polar surface area (TPSA) is 78.9 Å². The van der Waals surface area contributed by atoms with E-state index >= 15 is 0 Å². The van der Waals surface area contributed by atoms with Crippen molar-refractivity contribution in [1.29, 1.82) is 0 Å². The zero-order valence-electron chi connectivity index (χ0n) is 8.48. The lowest BCUT2D eigenvalue weighted by molar-refractivity contribution is 0.0692. The van der Waals surface area contributed by atoms with Crippen LogP contribution in [0.1, 0.15) is 36.1 Å². The summed E-state index contributed by atoms with van der Waals surface area (Å²) in [5, 5.41) is 8.91. The Morgan fingerprint density at radius 1 is 1.53 bits per heavy atom. The first-order valence-corrected chi connectivity index (χ1v) is 4.67. The highest BCUT2D eigenvalue weighted by Crippen LogP contribution is 2.18. The van der Waals surface area contributed by atoms with Crippen molar-refractivity contribution in [2.75, 3.05) is 0 Å². The number of aromatic nitrogens is 3. The summed E-state index contributed by atoms with van der Waals surface area (Å²) in [5.41, 5.74) is 1.13. The van der Waals surface area contributed by atoms with Crippen LogP contribution in [-0.4, -0.2) is 26.0 Å². The number of nitrogens with one attached hydrogen (secondary N) is 1. The van der Waals surface area contributed by atoms with Crippen molar-refractivity contribution in [1.82, 2.24) is 15.0 Å². The molecule has 2 heterocycles. The van der Waals surface area contributed by atoms with Crippen LogP contribution in [0, 0.1) is 0 Å². The molecule has 0 fully saturated rings. The summed E-state index contributed by atoms with van der Waals surface area (Å²) in [5.74, 6) is -0.0399. The van der Waals surface area contributed by atoms with Crippen LogP contribution in [-0.2, 0) is 0 Å². The molecule has 0 radical (unpaired) electrons. The molecule has 0 atom stereocenters. The molecule has 2 aromatic rings. The van der Waals surface area contributed by atoms with Crippen molar-refractivity contribution >= 4 is 17.0 Å². The molecule has 78 valence electrons. The average molecular weight is 205 g/mol. The van der Waals surface area contributed by atoms with Gasteiger partial charge in [-0.15, -0.1) is 0 Å². The molecular formula is C10H11N3O2. The average Bonchev–Trinajstić information content (AvgIpc) is 2.60. The molecule has 0 saturated carbocycles. The van der Waals surface area contributed by atoms with Gasteiger partial charge in [0.25, 0.3) is 0 Å². The van der Waals surface area contributed by atoms with Crippen molar-refractivity contribution in [3.8, 4) is 0 Å². The fourth-order valence-corrected chi connectivity index (χ4v) is 1.38. The number of carbonyl (C=O) groups is 1. The first-order chi connectivity index (χ1) is 7.09. The van der Waals surface area contributed by atoms with Crippen molar-refractivity contribution in [2.24, 2.45) is 0 Å². The van der Waals surface area contributed by atoms with Crippen LogP contribution < -0.4 is 0 Å². The number of aromatic carboxylic acids is 1. The summed E-state index contributed by atoms with van der Waals surface area (Å²) in [4.78, 5) is 22.0. The van der Waals surface area contributed by atoms with Crippen LogP contribution >= 0.6 is 0 Å². The predicted molar refractivity (Wildman–Crippen MR) is 54.9 cm³/mol. The van der Waals surface area contributed by atoms with Gasteiger partial charge in [0.1, 0.15) is 11.3 Å². The van der Waals surface area contributed by atoms with Crippen LogP contribution in [0.4, 0.5) is 0 Å². The highest BCUT2D eigenvalue weighted by atomic mass is 16.4. The van der Waals surface area contributed by atoms with E-state index in [1.54, 1.807) is 6.07 Å². The lowest BCUT2D eigenvalue weighted by Crippen LogP contribution is -2.00. The van der Waals surface area contributed by atoms with Gasteiger partial charge in [-0.25, -0.2) is 14.8 Å². The zero-order valence-corrected chi connectivity index (χ0v) is 8.48. The van der Waals surface area contributed by atoms with E-state index in [1.165, 1.54) is 6.20 Å². The van der Waals surface area contributed by atoms with Gasteiger partial charge in [0.2, 0.25) is 0 Å². The van der Waals surface area contributed by atoms with Gasteiger partial charge in [-0.2, -0.15) is 0 Å². The molecule has 0 aliphatic rings. The molecular weight excluding hydrogens is 194 g/mol. The molecule has 0 unspecified atom stereocenters. The molecule has 5 nitrogen and oxygen atoms in total. The Morgan fingerprint density at radius 2 is 2.27 bits per heavy atom. The van der Waals surface area contributed by atoms with Crippen LogP contribution in [0.15, 0.2) is 12.3 Å². The van der Waals surface area contributed by atoms with Gasteiger partial charge < -0.3 is 10.1 Å². The number of rotatable bonds is 2. The fraction of sp³-hybridized carbons (Fsp3) is 0.300. The quantitative estimate of drug-likeness (QED) is 0.783. The molecule has 2 rings (SSSR count). The number of hydrogen-bond donors (Lipinski definition) is 2. The highest BCUT2D eigenvalue weighted by Gasteiger charge is 2.14. The van der Waals surface area contributed by atoms with Gasteiger partial charge in [-0.1, -0.05) is 13.8 Å². The molecule has 5 heteroatoms. The highest BCUT2D eigenvalue weighted by molar-refractivity contribution is 5.98. The number of fused-ring (bicyclic) bond motifs is 1. The van der Waals surface area contributed by atoms with Gasteiger partial charge in [0.15, 0.2) is 5.69 Å². The van der Waals surface area contributed by atoms with E-state index in [1.807, 2.05) is 13.8 Å². The lowest BCUT2D eigenvalue weighted by atomic mass is 10.2. The van der Waals surface area contributed by atoms with Crippen LogP contribution in [0.5, 0.6) is 0 Å². The zero-order chi connectivity index (χ0) is 11.0. The summed E-state index contributed by atoms with van der Waals surface area (Å²) in [6, 6.07) is 1.72. The van der Waals surface area contributed by atoms with Crippen LogP contribution in [0.25, 0.3) is 11.0 Å². The summed E-state index contributed by atoms with van der Waals surface area (Å²) in [6.07, 6.45) is 1.47. The van der Waals surface area contributed by atoms with Gasteiger partial charge in [0, 0.05) is 12.1 Å². The summed E-state index contributed by atoms with van der Waals surface area (Å²) < 4.78 is 0. The second-order valence-corrected chi connectivity index (χ2v) is 3.64. The SMILES string of the molecule is CC(C)c1nc2c(C(=O)O)nccc2[nH]1. The Kier molecular flexibility index (Phi) is 2.15. The second-order valence-electron chi connectivity index (χ2n) is 3.64. The molecule has 0 amide bonds. The third kappa shape index (κ3) is 1.56. The van der Waals surface area contributed by atoms with Gasteiger partial charge in [-0.3, -0.25) is 0 Å². The molecule has 0 saturated heterocycles. The number of aromatic amines is 1. The molecule has 0 aromatic carbocycles. The first-order valence-electron chi connectivity index (χ1n) is 4.67. The van der Waals surface area contributed by atoms with Gasteiger partial charge in [-0.05, 0) is 6.07 Å².